The van der Waals surface area contributed by atoms with Gasteiger partial charge in [0.05, 0.1) is 0 Å². The van der Waals surface area contributed by atoms with Crippen LogP contribution in [0.2, 0.25) is 0 Å². The predicted octanol–water partition coefficient (Wildman–Crippen LogP) is 1.43. The number of nitrogens with zero attached hydrogens (tertiary/aromatic N) is 2. The van der Waals surface area contributed by atoms with Crippen molar-refractivity contribution in [3.05, 3.63) is 23.4 Å². The number of rotatable bonds is 2. The number of anilines is 1. The zero-order chi connectivity index (χ0) is 10.0. The van der Waals surface area contributed by atoms with Crippen LogP contribution in [0.1, 0.15) is 11.3 Å². The minimum atomic E-state index is -1.01. The van der Waals surface area contributed by atoms with Crippen molar-refractivity contribution in [3.8, 4) is 0 Å². The second kappa shape index (κ2) is 3.87. The van der Waals surface area contributed by atoms with Crippen molar-refractivity contribution in [1.29, 1.82) is 0 Å². The Morgan fingerprint density at radius 3 is 2.46 bits per heavy atom. The van der Waals surface area contributed by atoms with Crippen LogP contribution < -0.4 is 4.31 Å². The lowest BCUT2D eigenvalue weighted by atomic mass is 10.2. The number of hydrogen-bond acceptors (Lipinski definition) is 2. The van der Waals surface area contributed by atoms with Gasteiger partial charge in [-0.05, 0) is 31.5 Å². The standard InChI is InChI=1S/C9H14N2OS/c1-7-5-8(2)10-9(6-7)11(3)13(4)12/h5-6H,1-4H3. The van der Waals surface area contributed by atoms with Gasteiger partial charge in [0.25, 0.3) is 0 Å². The van der Waals surface area contributed by atoms with Crippen molar-refractivity contribution in [1.82, 2.24) is 4.98 Å². The molecule has 1 heterocycles. The van der Waals surface area contributed by atoms with Gasteiger partial charge in [0.1, 0.15) is 16.8 Å². The average Bonchev–Trinajstić information content (AvgIpc) is 2.01. The Morgan fingerprint density at radius 1 is 1.38 bits per heavy atom. The number of pyridine rings is 1. The first-order valence-electron chi connectivity index (χ1n) is 4.03. The third-order valence-electron chi connectivity index (χ3n) is 1.79. The van der Waals surface area contributed by atoms with Gasteiger partial charge in [0, 0.05) is 19.0 Å². The zero-order valence-electron chi connectivity index (χ0n) is 8.37. The van der Waals surface area contributed by atoms with Crippen molar-refractivity contribution < 1.29 is 4.21 Å². The molecule has 0 aliphatic rings. The summed E-state index contributed by atoms with van der Waals surface area (Å²) in [6.45, 7) is 3.94. The first-order chi connectivity index (χ1) is 6.00. The Morgan fingerprint density at radius 2 is 2.00 bits per heavy atom. The van der Waals surface area contributed by atoms with Gasteiger partial charge in [-0.3, -0.25) is 4.31 Å². The quantitative estimate of drug-likeness (QED) is 0.720. The van der Waals surface area contributed by atoms with Gasteiger partial charge in [0.15, 0.2) is 0 Å². The van der Waals surface area contributed by atoms with Crippen LogP contribution in [0.15, 0.2) is 12.1 Å². The molecule has 3 nitrogen and oxygen atoms in total. The second-order valence-electron chi connectivity index (χ2n) is 3.07. The van der Waals surface area contributed by atoms with Crippen LogP contribution in [-0.4, -0.2) is 22.5 Å². The number of aromatic nitrogens is 1. The predicted molar refractivity (Wildman–Crippen MR) is 56.2 cm³/mol. The SMILES string of the molecule is Cc1cc(C)nc(N(C)S(C)=O)c1. The topological polar surface area (TPSA) is 33.2 Å². The fraction of sp³-hybridized carbons (Fsp3) is 0.444. The lowest BCUT2D eigenvalue weighted by Gasteiger charge is -2.15. The first kappa shape index (κ1) is 10.2. The van der Waals surface area contributed by atoms with Gasteiger partial charge < -0.3 is 0 Å². The maximum Gasteiger partial charge on any atom is 0.140 e. The largest absolute Gasteiger partial charge is 0.279 e. The molecule has 0 aliphatic heterocycles. The Balaban J connectivity index is 3.07. The summed E-state index contributed by atoms with van der Waals surface area (Å²) in [5.41, 5.74) is 2.09. The smallest absolute Gasteiger partial charge is 0.140 e. The fourth-order valence-corrected chi connectivity index (χ4v) is 1.47. The molecule has 0 amide bonds. The molecule has 1 aromatic heterocycles. The van der Waals surface area contributed by atoms with Gasteiger partial charge in [-0.25, -0.2) is 9.19 Å². The third-order valence-corrected chi connectivity index (χ3v) is 2.75. The van der Waals surface area contributed by atoms with Crippen LogP contribution in [-0.2, 0) is 11.0 Å². The molecule has 72 valence electrons. The molecular weight excluding hydrogens is 184 g/mol. The van der Waals surface area contributed by atoms with E-state index in [2.05, 4.69) is 4.98 Å². The van der Waals surface area contributed by atoms with Crippen LogP contribution in [0.4, 0.5) is 5.82 Å². The highest BCUT2D eigenvalue weighted by atomic mass is 32.2. The maximum atomic E-state index is 11.2. The highest BCUT2D eigenvalue weighted by molar-refractivity contribution is 7.85. The molecule has 0 fully saturated rings. The molecule has 1 unspecified atom stereocenters. The van der Waals surface area contributed by atoms with Gasteiger partial charge >= 0.3 is 0 Å². The van der Waals surface area contributed by atoms with E-state index in [0.29, 0.717) is 0 Å². The van der Waals surface area contributed by atoms with Crippen molar-refractivity contribution in [2.24, 2.45) is 0 Å². The molecule has 0 aromatic carbocycles. The van der Waals surface area contributed by atoms with E-state index in [1.54, 1.807) is 17.6 Å². The Labute approximate surface area is 81.4 Å². The van der Waals surface area contributed by atoms with E-state index in [-0.39, 0.29) is 0 Å². The Kier molecular flexibility index (Phi) is 3.03. The Bertz CT molecular complexity index is 318. The average molecular weight is 198 g/mol. The molecule has 4 heteroatoms. The Hall–Kier alpha value is -0.900. The molecule has 1 aromatic rings. The van der Waals surface area contributed by atoms with Crippen LogP contribution >= 0.6 is 0 Å². The monoisotopic (exact) mass is 198 g/mol. The highest BCUT2D eigenvalue weighted by Crippen LogP contribution is 2.13. The molecule has 1 atom stereocenters. The summed E-state index contributed by atoms with van der Waals surface area (Å²) in [5.74, 6) is 0.762. The normalized spacial score (nSPS) is 12.6. The van der Waals surface area contributed by atoms with E-state index in [1.807, 2.05) is 26.0 Å². The van der Waals surface area contributed by atoms with Gasteiger partial charge in [0.2, 0.25) is 0 Å². The molecule has 13 heavy (non-hydrogen) atoms. The molecule has 0 N–H and O–H groups in total. The van der Waals surface area contributed by atoms with E-state index >= 15 is 0 Å². The summed E-state index contributed by atoms with van der Waals surface area (Å²) in [6.07, 6.45) is 1.64. The van der Waals surface area contributed by atoms with E-state index in [4.69, 9.17) is 0 Å². The van der Waals surface area contributed by atoms with E-state index in [0.717, 1.165) is 17.1 Å². The second-order valence-corrected chi connectivity index (χ2v) is 4.46. The third kappa shape index (κ3) is 2.52. The van der Waals surface area contributed by atoms with E-state index in [1.165, 1.54) is 0 Å². The molecule has 0 saturated heterocycles. The molecule has 1 rings (SSSR count). The molecule has 0 bridgehead atoms. The lowest BCUT2D eigenvalue weighted by molar-refractivity contribution is 0.685. The molecular formula is C9H14N2OS. The van der Waals surface area contributed by atoms with E-state index in [9.17, 15) is 4.21 Å². The van der Waals surface area contributed by atoms with Gasteiger partial charge in [-0.2, -0.15) is 0 Å². The van der Waals surface area contributed by atoms with Crippen LogP contribution in [0.3, 0.4) is 0 Å². The van der Waals surface area contributed by atoms with Crippen molar-refractivity contribution >= 4 is 16.8 Å². The minimum Gasteiger partial charge on any atom is -0.279 e. The molecule has 0 radical (unpaired) electrons. The highest BCUT2D eigenvalue weighted by Gasteiger charge is 2.06. The van der Waals surface area contributed by atoms with Crippen molar-refractivity contribution in [2.75, 3.05) is 17.6 Å². The van der Waals surface area contributed by atoms with Crippen LogP contribution in [0.25, 0.3) is 0 Å². The summed E-state index contributed by atoms with van der Waals surface area (Å²) in [5, 5.41) is 0. The maximum absolute atomic E-state index is 11.2. The number of hydrogen-bond donors (Lipinski definition) is 0. The lowest BCUT2D eigenvalue weighted by Crippen LogP contribution is -2.20. The van der Waals surface area contributed by atoms with Gasteiger partial charge in [-0.1, -0.05) is 0 Å². The van der Waals surface area contributed by atoms with E-state index < -0.39 is 11.0 Å². The summed E-state index contributed by atoms with van der Waals surface area (Å²) in [4.78, 5) is 4.29. The molecule has 0 aliphatic carbocycles. The fourth-order valence-electron chi connectivity index (χ4n) is 1.11. The summed E-state index contributed by atoms with van der Waals surface area (Å²) in [7, 11) is 0.768. The number of aryl methyl sites for hydroxylation is 2. The van der Waals surface area contributed by atoms with Crippen molar-refractivity contribution in [3.63, 3.8) is 0 Å². The minimum absolute atomic E-state index is 0.762. The summed E-state index contributed by atoms with van der Waals surface area (Å²) in [6, 6.07) is 3.92. The summed E-state index contributed by atoms with van der Waals surface area (Å²) >= 11 is 0. The van der Waals surface area contributed by atoms with Gasteiger partial charge in [-0.15, -0.1) is 0 Å². The first-order valence-corrected chi connectivity index (χ1v) is 5.55. The zero-order valence-corrected chi connectivity index (χ0v) is 9.18. The summed E-state index contributed by atoms with van der Waals surface area (Å²) < 4.78 is 12.8. The molecule has 0 spiro atoms. The van der Waals surface area contributed by atoms with Crippen molar-refractivity contribution in [2.45, 2.75) is 13.8 Å². The van der Waals surface area contributed by atoms with Crippen LogP contribution in [0.5, 0.6) is 0 Å². The molecule has 0 saturated carbocycles. The van der Waals surface area contributed by atoms with Crippen LogP contribution in [0, 0.1) is 13.8 Å².